The highest BCUT2D eigenvalue weighted by atomic mass is 15.1. The fourth-order valence-corrected chi connectivity index (χ4v) is 1.88. The van der Waals surface area contributed by atoms with Crippen LogP contribution >= 0.6 is 0 Å². The van der Waals surface area contributed by atoms with Crippen molar-refractivity contribution in [1.29, 1.82) is 0 Å². The van der Waals surface area contributed by atoms with Crippen LogP contribution in [-0.4, -0.2) is 31.6 Å². The van der Waals surface area contributed by atoms with E-state index in [0.29, 0.717) is 0 Å². The standard InChI is InChI=1S/C11H12N6.C2H4/c1-7-6-17-9(8-3-14-15-4-8)5-13-11(17)10(12-2)16-7;1-2/h3-6H,1-2H3,(H,12,16)(H,14,15);1-2H2. The van der Waals surface area contributed by atoms with E-state index in [2.05, 4.69) is 38.6 Å². The van der Waals surface area contributed by atoms with Gasteiger partial charge in [-0.3, -0.25) is 9.50 Å². The molecule has 6 nitrogen and oxygen atoms in total. The fourth-order valence-electron chi connectivity index (χ4n) is 1.88. The summed E-state index contributed by atoms with van der Waals surface area (Å²) in [6, 6.07) is 0. The molecule has 0 unspecified atom stereocenters. The number of hydrogen-bond acceptors (Lipinski definition) is 4. The van der Waals surface area contributed by atoms with Crippen molar-refractivity contribution in [2.24, 2.45) is 0 Å². The van der Waals surface area contributed by atoms with Crippen molar-refractivity contribution < 1.29 is 0 Å². The second kappa shape index (κ2) is 5.34. The number of H-pyrrole nitrogens is 1. The van der Waals surface area contributed by atoms with Crippen LogP contribution in [0.15, 0.2) is 37.9 Å². The van der Waals surface area contributed by atoms with Crippen molar-refractivity contribution in [2.45, 2.75) is 6.92 Å². The van der Waals surface area contributed by atoms with Crippen molar-refractivity contribution in [1.82, 2.24) is 24.6 Å². The summed E-state index contributed by atoms with van der Waals surface area (Å²) in [4.78, 5) is 8.78. The average molecular weight is 256 g/mol. The van der Waals surface area contributed by atoms with Crippen LogP contribution in [0.3, 0.4) is 0 Å². The molecule has 0 aromatic carbocycles. The number of hydrogen-bond donors (Lipinski definition) is 2. The van der Waals surface area contributed by atoms with Gasteiger partial charge in [-0.15, -0.1) is 13.2 Å². The number of nitrogens with one attached hydrogen (secondary N) is 2. The maximum atomic E-state index is 4.40. The van der Waals surface area contributed by atoms with Gasteiger partial charge in [0.15, 0.2) is 11.5 Å². The highest BCUT2D eigenvalue weighted by Gasteiger charge is 2.10. The van der Waals surface area contributed by atoms with Crippen LogP contribution in [0, 0.1) is 6.92 Å². The molecule has 3 aromatic heterocycles. The summed E-state index contributed by atoms with van der Waals surface area (Å²) >= 11 is 0. The summed E-state index contributed by atoms with van der Waals surface area (Å²) in [6.45, 7) is 7.96. The maximum Gasteiger partial charge on any atom is 0.180 e. The minimum Gasteiger partial charge on any atom is -0.370 e. The highest BCUT2D eigenvalue weighted by molar-refractivity contribution is 5.70. The lowest BCUT2D eigenvalue weighted by Crippen LogP contribution is -2.00. The molecule has 0 aliphatic carbocycles. The molecule has 6 heteroatoms. The third-order valence-corrected chi connectivity index (χ3v) is 2.64. The maximum absolute atomic E-state index is 4.40. The quantitative estimate of drug-likeness (QED) is 0.690. The molecule has 0 radical (unpaired) electrons. The van der Waals surface area contributed by atoms with E-state index in [1.807, 2.05) is 37.0 Å². The van der Waals surface area contributed by atoms with E-state index in [4.69, 9.17) is 0 Å². The summed E-state index contributed by atoms with van der Waals surface area (Å²) in [5.41, 5.74) is 3.75. The van der Waals surface area contributed by atoms with Crippen molar-refractivity contribution in [3.05, 3.63) is 43.6 Å². The summed E-state index contributed by atoms with van der Waals surface area (Å²) in [7, 11) is 1.84. The second-order valence-corrected chi connectivity index (χ2v) is 3.80. The molecule has 0 bridgehead atoms. The van der Waals surface area contributed by atoms with E-state index in [9.17, 15) is 0 Å². The van der Waals surface area contributed by atoms with Crippen LogP contribution in [0.1, 0.15) is 5.69 Å². The Morgan fingerprint density at radius 3 is 2.74 bits per heavy atom. The zero-order valence-corrected chi connectivity index (χ0v) is 11.0. The summed E-state index contributed by atoms with van der Waals surface area (Å²) < 4.78 is 2.01. The van der Waals surface area contributed by atoms with Gasteiger partial charge in [-0.05, 0) is 6.92 Å². The van der Waals surface area contributed by atoms with Gasteiger partial charge < -0.3 is 5.32 Å². The molecule has 2 N–H and O–H groups in total. The van der Waals surface area contributed by atoms with Crippen LogP contribution in [-0.2, 0) is 0 Å². The molecule has 98 valence electrons. The Morgan fingerprint density at radius 1 is 1.32 bits per heavy atom. The second-order valence-electron chi connectivity index (χ2n) is 3.80. The van der Waals surface area contributed by atoms with Gasteiger partial charge in [0.2, 0.25) is 0 Å². The van der Waals surface area contributed by atoms with E-state index in [1.165, 1.54) is 0 Å². The van der Waals surface area contributed by atoms with E-state index < -0.39 is 0 Å². The van der Waals surface area contributed by atoms with Gasteiger partial charge in [-0.25, -0.2) is 9.97 Å². The number of anilines is 1. The molecule has 0 fully saturated rings. The minimum atomic E-state index is 0.778. The molecular weight excluding hydrogens is 240 g/mol. The Morgan fingerprint density at radius 2 is 2.11 bits per heavy atom. The van der Waals surface area contributed by atoms with Crippen molar-refractivity contribution >= 4 is 11.5 Å². The van der Waals surface area contributed by atoms with Gasteiger partial charge >= 0.3 is 0 Å². The Labute approximate surface area is 111 Å². The molecule has 0 spiro atoms. The predicted octanol–water partition coefficient (Wildman–Crippen LogP) is 2.27. The van der Waals surface area contributed by atoms with Crippen LogP contribution in [0.2, 0.25) is 0 Å². The van der Waals surface area contributed by atoms with Crippen molar-refractivity contribution in [3.63, 3.8) is 0 Å². The lowest BCUT2D eigenvalue weighted by atomic mass is 10.3. The molecule has 3 rings (SSSR count). The number of aromatic nitrogens is 5. The number of imidazole rings is 1. The molecule has 0 amide bonds. The molecule has 3 heterocycles. The third-order valence-electron chi connectivity index (χ3n) is 2.64. The first-order chi connectivity index (χ1) is 9.29. The Bertz CT molecular complexity index is 668. The normalized spacial score (nSPS) is 10.0. The lowest BCUT2D eigenvalue weighted by Gasteiger charge is -2.05. The molecule has 0 aliphatic rings. The number of aryl methyl sites for hydroxylation is 1. The van der Waals surface area contributed by atoms with E-state index in [1.54, 1.807) is 6.20 Å². The molecule has 0 aliphatic heterocycles. The Balaban J connectivity index is 0.000000637. The summed E-state index contributed by atoms with van der Waals surface area (Å²) in [5, 5.41) is 9.81. The van der Waals surface area contributed by atoms with Crippen LogP contribution in [0.4, 0.5) is 5.82 Å². The van der Waals surface area contributed by atoms with Gasteiger partial charge in [0, 0.05) is 25.0 Å². The highest BCUT2D eigenvalue weighted by Crippen LogP contribution is 2.22. The zero-order chi connectivity index (χ0) is 13.8. The molecular formula is C13H16N6. The topological polar surface area (TPSA) is 70.9 Å². The van der Waals surface area contributed by atoms with Gasteiger partial charge in [0.25, 0.3) is 0 Å². The van der Waals surface area contributed by atoms with Crippen LogP contribution in [0.5, 0.6) is 0 Å². The summed E-state index contributed by atoms with van der Waals surface area (Å²) in [5.74, 6) is 0.778. The molecule has 0 saturated carbocycles. The van der Waals surface area contributed by atoms with Gasteiger partial charge in [-0.1, -0.05) is 0 Å². The first-order valence-corrected chi connectivity index (χ1v) is 5.81. The van der Waals surface area contributed by atoms with Gasteiger partial charge in [-0.2, -0.15) is 5.10 Å². The number of fused-ring (bicyclic) bond motifs is 1. The predicted molar refractivity (Wildman–Crippen MR) is 76.1 cm³/mol. The van der Waals surface area contributed by atoms with Crippen LogP contribution in [0.25, 0.3) is 16.9 Å². The third kappa shape index (κ3) is 2.20. The molecule has 3 aromatic rings. The van der Waals surface area contributed by atoms with E-state index in [-0.39, 0.29) is 0 Å². The zero-order valence-electron chi connectivity index (χ0n) is 11.0. The molecule has 0 saturated heterocycles. The average Bonchev–Trinajstić information content (AvgIpc) is 3.08. The Hall–Kier alpha value is -2.63. The largest absolute Gasteiger partial charge is 0.370 e. The Kier molecular flexibility index (Phi) is 3.61. The smallest absolute Gasteiger partial charge is 0.180 e. The van der Waals surface area contributed by atoms with Gasteiger partial charge in [0.1, 0.15) is 0 Å². The van der Waals surface area contributed by atoms with E-state index in [0.717, 1.165) is 28.4 Å². The lowest BCUT2D eigenvalue weighted by molar-refractivity contribution is 1.07. The van der Waals surface area contributed by atoms with Gasteiger partial charge in [0.05, 0.1) is 23.8 Å². The van der Waals surface area contributed by atoms with Crippen LogP contribution < -0.4 is 5.32 Å². The van der Waals surface area contributed by atoms with Crippen molar-refractivity contribution in [3.8, 4) is 11.3 Å². The number of nitrogens with zero attached hydrogens (tertiary/aromatic N) is 4. The SMILES string of the molecule is C=C.CNc1nc(C)cn2c(-c3cn[nH]c3)cnc12. The first kappa shape index (κ1) is 12.8. The van der Waals surface area contributed by atoms with Crippen molar-refractivity contribution in [2.75, 3.05) is 12.4 Å². The number of aromatic amines is 1. The van der Waals surface area contributed by atoms with E-state index >= 15 is 0 Å². The first-order valence-electron chi connectivity index (χ1n) is 5.81. The molecule has 19 heavy (non-hydrogen) atoms. The molecule has 0 atom stereocenters. The number of rotatable bonds is 2. The monoisotopic (exact) mass is 256 g/mol. The summed E-state index contributed by atoms with van der Waals surface area (Å²) in [6.07, 6.45) is 7.41. The minimum absolute atomic E-state index is 0.778. The fraction of sp³-hybridized carbons (Fsp3) is 0.154.